The average Bonchev–Trinajstić information content (AvgIpc) is 2.93. The van der Waals surface area contributed by atoms with Gasteiger partial charge in [0.15, 0.2) is 5.17 Å². The van der Waals surface area contributed by atoms with Crippen LogP contribution in [0.25, 0.3) is 0 Å². The Balaban J connectivity index is 2.03. The number of ether oxygens (including phenoxy) is 2. The van der Waals surface area contributed by atoms with Crippen LogP contribution in [0.1, 0.15) is 46.2 Å². The molecule has 0 unspecified atom stereocenters. The second kappa shape index (κ2) is 8.39. The SMILES string of the molecule is CCOc1ccc([C@@H]2C(C(=O)OCC(C)C)=C(C)N=C3S[C@H](C)C(=O)N32)cc1. The predicted octanol–water partition coefficient (Wildman–Crippen LogP) is 3.93. The molecule has 2 atom stereocenters. The third-order valence-electron chi connectivity index (χ3n) is 4.53. The number of amidine groups is 1. The predicted molar refractivity (Wildman–Crippen MR) is 110 cm³/mol. The molecule has 28 heavy (non-hydrogen) atoms. The zero-order valence-corrected chi connectivity index (χ0v) is 17.7. The Bertz CT molecular complexity index is 829. The van der Waals surface area contributed by atoms with Crippen molar-refractivity contribution in [2.75, 3.05) is 13.2 Å². The number of benzene rings is 1. The first kappa shape index (κ1) is 20.5. The summed E-state index contributed by atoms with van der Waals surface area (Å²) in [7, 11) is 0. The second-order valence-electron chi connectivity index (χ2n) is 7.26. The summed E-state index contributed by atoms with van der Waals surface area (Å²) in [5.74, 6) is 0.492. The van der Waals surface area contributed by atoms with E-state index in [0.717, 1.165) is 11.3 Å². The molecule has 1 aromatic rings. The van der Waals surface area contributed by atoms with Crippen molar-refractivity contribution in [1.29, 1.82) is 0 Å². The molecule has 150 valence electrons. The van der Waals surface area contributed by atoms with E-state index in [1.54, 1.807) is 11.8 Å². The maximum atomic E-state index is 12.9. The van der Waals surface area contributed by atoms with E-state index in [0.29, 0.717) is 29.7 Å². The molecule has 0 radical (unpaired) electrons. The van der Waals surface area contributed by atoms with E-state index < -0.39 is 12.0 Å². The maximum Gasteiger partial charge on any atom is 0.338 e. The lowest BCUT2D eigenvalue weighted by Gasteiger charge is -2.33. The Kier molecular flexibility index (Phi) is 6.13. The van der Waals surface area contributed by atoms with Crippen LogP contribution in [0, 0.1) is 5.92 Å². The van der Waals surface area contributed by atoms with Crippen molar-refractivity contribution in [3.8, 4) is 5.75 Å². The topological polar surface area (TPSA) is 68.2 Å². The summed E-state index contributed by atoms with van der Waals surface area (Å²) in [6.45, 7) is 10.4. The smallest absolute Gasteiger partial charge is 0.338 e. The molecule has 0 saturated carbocycles. The van der Waals surface area contributed by atoms with E-state index in [2.05, 4.69) is 4.99 Å². The number of rotatable bonds is 6. The van der Waals surface area contributed by atoms with E-state index in [-0.39, 0.29) is 17.1 Å². The molecule has 2 heterocycles. The van der Waals surface area contributed by atoms with Gasteiger partial charge in [0.25, 0.3) is 0 Å². The highest BCUT2D eigenvalue weighted by atomic mass is 32.2. The summed E-state index contributed by atoms with van der Waals surface area (Å²) >= 11 is 1.42. The summed E-state index contributed by atoms with van der Waals surface area (Å²) in [5, 5.41) is 0.400. The number of nitrogens with zero attached hydrogens (tertiary/aromatic N) is 2. The molecule has 0 aromatic heterocycles. The first-order valence-corrected chi connectivity index (χ1v) is 10.4. The van der Waals surface area contributed by atoms with Crippen LogP contribution in [0.5, 0.6) is 5.75 Å². The minimum atomic E-state index is -0.548. The van der Waals surface area contributed by atoms with Gasteiger partial charge in [0.2, 0.25) is 5.91 Å². The number of fused-ring (bicyclic) bond motifs is 1. The average molecular weight is 403 g/mol. The second-order valence-corrected chi connectivity index (χ2v) is 8.57. The van der Waals surface area contributed by atoms with Crippen LogP contribution in [0.4, 0.5) is 0 Å². The number of esters is 1. The molecule has 1 amide bonds. The number of carbonyl (C=O) groups excluding carboxylic acids is 2. The highest BCUT2D eigenvalue weighted by molar-refractivity contribution is 8.15. The van der Waals surface area contributed by atoms with Gasteiger partial charge in [0.05, 0.1) is 35.8 Å². The fraction of sp³-hybridized carbons (Fsp3) is 0.476. The number of allylic oxidation sites excluding steroid dienone is 1. The Morgan fingerprint density at radius 1 is 1.29 bits per heavy atom. The Hall–Kier alpha value is -2.28. The van der Waals surface area contributed by atoms with Gasteiger partial charge in [0.1, 0.15) is 5.75 Å². The molecule has 6 nitrogen and oxygen atoms in total. The lowest BCUT2D eigenvalue weighted by atomic mass is 9.94. The number of carbonyl (C=O) groups is 2. The van der Waals surface area contributed by atoms with Crippen molar-refractivity contribution >= 4 is 28.8 Å². The summed E-state index contributed by atoms with van der Waals surface area (Å²) in [5.41, 5.74) is 1.83. The summed E-state index contributed by atoms with van der Waals surface area (Å²) in [4.78, 5) is 31.9. The van der Waals surface area contributed by atoms with E-state index in [4.69, 9.17) is 9.47 Å². The van der Waals surface area contributed by atoms with Crippen LogP contribution in [0.15, 0.2) is 40.5 Å². The lowest BCUT2D eigenvalue weighted by molar-refractivity contribution is -0.141. The minimum absolute atomic E-state index is 0.0516. The largest absolute Gasteiger partial charge is 0.494 e. The molecular formula is C21H26N2O4S. The molecule has 3 rings (SSSR count). The van der Waals surface area contributed by atoms with Crippen LogP contribution >= 0.6 is 11.8 Å². The standard InChI is InChI=1S/C21H26N2O4S/c1-6-26-16-9-7-15(8-10-16)18-17(20(25)27-11-12(2)3)13(4)22-21-23(18)19(24)14(5)28-21/h7-10,12,14,18H,6,11H2,1-5H3/t14-,18-/m1/s1. The van der Waals surface area contributed by atoms with E-state index >= 15 is 0 Å². The van der Waals surface area contributed by atoms with Crippen LogP contribution in [-0.2, 0) is 14.3 Å². The van der Waals surface area contributed by atoms with Crippen LogP contribution < -0.4 is 4.74 Å². The third kappa shape index (κ3) is 3.94. The molecule has 0 spiro atoms. The first-order valence-electron chi connectivity index (χ1n) is 9.52. The van der Waals surface area contributed by atoms with Gasteiger partial charge in [-0.1, -0.05) is 37.7 Å². The van der Waals surface area contributed by atoms with Crippen molar-refractivity contribution in [3.63, 3.8) is 0 Å². The highest BCUT2D eigenvalue weighted by Gasteiger charge is 2.46. The molecule has 7 heteroatoms. The normalized spacial score (nSPS) is 21.7. The molecule has 0 N–H and O–H groups in total. The van der Waals surface area contributed by atoms with Gasteiger partial charge in [0, 0.05) is 0 Å². The molecule has 0 bridgehead atoms. The van der Waals surface area contributed by atoms with Crippen molar-refractivity contribution in [2.45, 2.75) is 45.9 Å². The molecule has 0 aliphatic carbocycles. The molecule has 1 fully saturated rings. The van der Waals surface area contributed by atoms with Gasteiger partial charge in [-0.25, -0.2) is 9.79 Å². The zero-order valence-electron chi connectivity index (χ0n) is 16.9. The van der Waals surface area contributed by atoms with Gasteiger partial charge >= 0.3 is 5.97 Å². The fourth-order valence-corrected chi connectivity index (χ4v) is 4.24. The number of thioether (sulfide) groups is 1. The Morgan fingerprint density at radius 3 is 2.57 bits per heavy atom. The number of aliphatic imine (C=N–C) groups is 1. The third-order valence-corrected chi connectivity index (χ3v) is 5.59. The minimum Gasteiger partial charge on any atom is -0.494 e. The quantitative estimate of drug-likeness (QED) is 0.675. The highest BCUT2D eigenvalue weighted by Crippen LogP contribution is 2.43. The van der Waals surface area contributed by atoms with E-state index in [1.165, 1.54) is 11.8 Å². The van der Waals surface area contributed by atoms with Crippen molar-refractivity contribution in [2.24, 2.45) is 10.9 Å². The van der Waals surface area contributed by atoms with E-state index in [9.17, 15) is 9.59 Å². The van der Waals surface area contributed by atoms with Gasteiger partial charge in [-0.15, -0.1) is 0 Å². The van der Waals surface area contributed by atoms with Crippen LogP contribution in [0.2, 0.25) is 0 Å². The molecular weight excluding hydrogens is 376 g/mol. The fourth-order valence-electron chi connectivity index (χ4n) is 3.21. The summed E-state index contributed by atoms with van der Waals surface area (Å²) in [6.07, 6.45) is 0. The van der Waals surface area contributed by atoms with Crippen LogP contribution in [0.3, 0.4) is 0 Å². The number of hydrogen-bond donors (Lipinski definition) is 0. The molecule has 1 aromatic carbocycles. The molecule has 1 saturated heterocycles. The Labute approximate surface area is 170 Å². The van der Waals surface area contributed by atoms with Crippen molar-refractivity contribution in [1.82, 2.24) is 4.90 Å². The van der Waals surface area contributed by atoms with Gasteiger partial charge in [-0.05, 0) is 44.4 Å². The molecule has 2 aliphatic rings. The number of hydrogen-bond acceptors (Lipinski definition) is 6. The lowest BCUT2D eigenvalue weighted by Crippen LogP contribution is -2.40. The van der Waals surface area contributed by atoms with Gasteiger partial charge < -0.3 is 9.47 Å². The van der Waals surface area contributed by atoms with E-state index in [1.807, 2.05) is 52.0 Å². The molecule has 2 aliphatic heterocycles. The maximum absolute atomic E-state index is 12.9. The van der Waals surface area contributed by atoms with Gasteiger partial charge in [-0.2, -0.15) is 0 Å². The van der Waals surface area contributed by atoms with Gasteiger partial charge in [-0.3, -0.25) is 9.69 Å². The number of amides is 1. The van der Waals surface area contributed by atoms with Crippen molar-refractivity contribution < 1.29 is 19.1 Å². The van der Waals surface area contributed by atoms with Crippen molar-refractivity contribution in [3.05, 3.63) is 41.1 Å². The summed E-state index contributed by atoms with van der Waals surface area (Å²) < 4.78 is 11.0. The van der Waals surface area contributed by atoms with Crippen LogP contribution in [-0.4, -0.2) is 40.4 Å². The summed E-state index contributed by atoms with van der Waals surface area (Å²) in [6, 6.07) is 6.94. The first-order chi connectivity index (χ1) is 13.3. The monoisotopic (exact) mass is 402 g/mol. The Morgan fingerprint density at radius 2 is 1.96 bits per heavy atom. The zero-order chi connectivity index (χ0) is 20.4.